The molecule has 1 rings (SSSR count). The average molecular weight is 272 g/mol. The first-order chi connectivity index (χ1) is 7.08. The standard InChI is InChI=1S/C11H16BrN2O/c1-4-14(5-2)11(15)9-6-10(12)8-13(3)7-9/h6-8H,4-5H2,1-3H3/q+1. The van der Waals surface area contributed by atoms with Gasteiger partial charge in [0.1, 0.15) is 12.6 Å². The Morgan fingerprint density at radius 2 is 2.00 bits per heavy atom. The highest BCUT2D eigenvalue weighted by atomic mass is 79.9. The Labute approximate surface area is 98.8 Å². The number of hydrogen-bond donors (Lipinski definition) is 0. The van der Waals surface area contributed by atoms with E-state index in [-0.39, 0.29) is 5.91 Å². The number of pyridine rings is 1. The number of hydrogen-bond acceptors (Lipinski definition) is 1. The van der Waals surface area contributed by atoms with Crippen molar-refractivity contribution in [3.8, 4) is 0 Å². The molecule has 1 aromatic heterocycles. The van der Waals surface area contributed by atoms with E-state index in [1.807, 2.05) is 48.8 Å². The second-order valence-electron chi connectivity index (χ2n) is 3.39. The fourth-order valence-corrected chi connectivity index (χ4v) is 2.05. The number of carbonyl (C=O) groups excluding carboxylic acids is 1. The molecular weight excluding hydrogens is 256 g/mol. The molecule has 0 aliphatic heterocycles. The largest absolute Gasteiger partial charge is 0.339 e. The van der Waals surface area contributed by atoms with Crippen LogP contribution in [0.3, 0.4) is 0 Å². The first kappa shape index (κ1) is 12.2. The normalized spacial score (nSPS) is 10.1. The molecule has 15 heavy (non-hydrogen) atoms. The first-order valence-electron chi connectivity index (χ1n) is 5.03. The summed E-state index contributed by atoms with van der Waals surface area (Å²) in [6, 6.07) is 1.85. The molecule has 0 bridgehead atoms. The maximum absolute atomic E-state index is 12.0. The lowest BCUT2D eigenvalue weighted by Gasteiger charge is -2.17. The highest BCUT2D eigenvalue weighted by Gasteiger charge is 2.15. The highest BCUT2D eigenvalue weighted by molar-refractivity contribution is 9.10. The van der Waals surface area contributed by atoms with Gasteiger partial charge in [-0.05, 0) is 35.8 Å². The second-order valence-corrected chi connectivity index (χ2v) is 4.30. The summed E-state index contributed by atoms with van der Waals surface area (Å²) in [5.74, 6) is 0.0805. The van der Waals surface area contributed by atoms with Crippen LogP contribution in [0.5, 0.6) is 0 Å². The van der Waals surface area contributed by atoms with Gasteiger partial charge < -0.3 is 4.90 Å². The average Bonchev–Trinajstić information content (AvgIpc) is 2.18. The number of aryl methyl sites for hydroxylation is 1. The van der Waals surface area contributed by atoms with Crippen LogP contribution in [0.4, 0.5) is 0 Å². The van der Waals surface area contributed by atoms with Crippen molar-refractivity contribution in [3.63, 3.8) is 0 Å². The molecule has 82 valence electrons. The highest BCUT2D eigenvalue weighted by Crippen LogP contribution is 2.10. The molecule has 1 aromatic rings. The number of nitrogens with zero attached hydrogens (tertiary/aromatic N) is 2. The molecule has 0 unspecified atom stereocenters. The van der Waals surface area contributed by atoms with Gasteiger partial charge in [0.05, 0.1) is 4.47 Å². The van der Waals surface area contributed by atoms with Crippen LogP contribution in [0.1, 0.15) is 24.2 Å². The fourth-order valence-electron chi connectivity index (χ4n) is 1.48. The van der Waals surface area contributed by atoms with E-state index in [9.17, 15) is 4.79 Å². The van der Waals surface area contributed by atoms with Crippen LogP contribution >= 0.6 is 15.9 Å². The van der Waals surface area contributed by atoms with Crippen LogP contribution in [-0.2, 0) is 7.05 Å². The Hall–Kier alpha value is -0.900. The molecule has 0 atom stereocenters. The number of carbonyl (C=O) groups is 1. The Balaban J connectivity index is 3.00. The van der Waals surface area contributed by atoms with Crippen LogP contribution in [0.2, 0.25) is 0 Å². The van der Waals surface area contributed by atoms with Gasteiger partial charge in [-0.15, -0.1) is 0 Å². The van der Waals surface area contributed by atoms with E-state index >= 15 is 0 Å². The lowest BCUT2D eigenvalue weighted by atomic mass is 10.2. The van der Waals surface area contributed by atoms with Crippen molar-refractivity contribution in [2.75, 3.05) is 13.1 Å². The summed E-state index contributed by atoms with van der Waals surface area (Å²) < 4.78 is 2.80. The Kier molecular flexibility index (Phi) is 4.27. The zero-order valence-electron chi connectivity index (χ0n) is 9.33. The SMILES string of the molecule is CCN(CC)C(=O)c1cc(Br)c[n+](C)c1. The lowest BCUT2D eigenvalue weighted by Crippen LogP contribution is -2.34. The predicted octanol–water partition coefficient (Wildman–Crippen LogP) is 1.76. The van der Waals surface area contributed by atoms with Crippen molar-refractivity contribution in [2.24, 2.45) is 7.05 Å². The topological polar surface area (TPSA) is 24.2 Å². The van der Waals surface area contributed by atoms with Crippen LogP contribution < -0.4 is 4.57 Å². The molecule has 1 heterocycles. The summed E-state index contributed by atoms with van der Waals surface area (Å²) in [6.45, 7) is 5.45. The summed E-state index contributed by atoms with van der Waals surface area (Å²) in [6.07, 6.45) is 3.75. The van der Waals surface area contributed by atoms with Crippen LogP contribution in [0, 0.1) is 0 Å². The molecule has 0 aliphatic rings. The molecule has 0 saturated carbocycles. The second kappa shape index (κ2) is 5.26. The number of rotatable bonds is 3. The summed E-state index contributed by atoms with van der Waals surface area (Å²) in [4.78, 5) is 13.8. The molecule has 0 N–H and O–H groups in total. The van der Waals surface area contributed by atoms with E-state index in [1.54, 1.807) is 0 Å². The van der Waals surface area contributed by atoms with Crippen LogP contribution in [-0.4, -0.2) is 23.9 Å². The molecule has 0 spiro atoms. The maximum atomic E-state index is 12.0. The van der Waals surface area contributed by atoms with Gasteiger partial charge in [-0.1, -0.05) is 0 Å². The Bertz CT molecular complexity index is 341. The summed E-state index contributed by atoms with van der Waals surface area (Å²) >= 11 is 3.38. The van der Waals surface area contributed by atoms with Gasteiger partial charge in [0.2, 0.25) is 0 Å². The Morgan fingerprint density at radius 3 is 2.47 bits per heavy atom. The zero-order chi connectivity index (χ0) is 11.4. The van der Waals surface area contributed by atoms with Gasteiger partial charge in [-0.25, -0.2) is 4.57 Å². The predicted molar refractivity (Wildman–Crippen MR) is 62.6 cm³/mol. The third kappa shape index (κ3) is 3.02. The van der Waals surface area contributed by atoms with Crippen molar-refractivity contribution in [1.82, 2.24) is 4.90 Å². The van der Waals surface area contributed by atoms with Gasteiger partial charge in [-0.2, -0.15) is 0 Å². The number of halogens is 1. The van der Waals surface area contributed by atoms with Gasteiger partial charge >= 0.3 is 0 Å². The van der Waals surface area contributed by atoms with E-state index in [0.29, 0.717) is 0 Å². The molecule has 3 nitrogen and oxygen atoms in total. The molecule has 0 saturated heterocycles. The number of amides is 1. The van der Waals surface area contributed by atoms with Crippen molar-refractivity contribution in [1.29, 1.82) is 0 Å². The van der Waals surface area contributed by atoms with Gasteiger partial charge in [0, 0.05) is 13.1 Å². The van der Waals surface area contributed by atoms with Crippen molar-refractivity contribution in [3.05, 3.63) is 28.5 Å². The quantitative estimate of drug-likeness (QED) is 0.769. The zero-order valence-corrected chi connectivity index (χ0v) is 10.9. The molecule has 0 fully saturated rings. The molecule has 0 aromatic carbocycles. The van der Waals surface area contributed by atoms with E-state index in [2.05, 4.69) is 15.9 Å². The molecule has 1 amide bonds. The third-order valence-corrected chi connectivity index (χ3v) is 2.69. The maximum Gasteiger partial charge on any atom is 0.259 e. The molecular formula is C11H16BrN2O+. The minimum Gasteiger partial charge on any atom is -0.339 e. The lowest BCUT2D eigenvalue weighted by molar-refractivity contribution is -0.672. The number of aromatic nitrogens is 1. The van der Waals surface area contributed by atoms with Crippen molar-refractivity contribution in [2.45, 2.75) is 13.8 Å². The fraction of sp³-hybridized carbons (Fsp3) is 0.455. The smallest absolute Gasteiger partial charge is 0.259 e. The van der Waals surface area contributed by atoms with E-state index in [0.717, 1.165) is 23.1 Å². The first-order valence-corrected chi connectivity index (χ1v) is 5.82. The van der Waals surface area contributed by atoms with Crippen molar-refractivity contribution >= 4 is 21.8 Å². The molecule has 0 radical (unpaired) electrons. The third-order valence-electron chi connectivity index (χ3n) is 2.26. The Morgan fingerprint density at radius 1 is 1.40 bits per heavy atom. The van der Waals surface area contributed by atoms with E-state index < -0.39 is 0 Å². The molecule has 4 heteroatoms. The minimum absolute atomic E-state index is 0.0805. The van der Waals surface area contributed by atoms with E-state index in [1.165, 1.54) is 0 Å². The van der Waals surface area contributed by atoms with Crippen molar-refractivity contribution < 1.29 is 9.36 Å². The van der Waals surface area contributed by atoms with E-state index in [4.69, 9.17) is 0 Å². The summed E-state index contributed by atoms with van der Waals surface area (Å²) in [5.41, 5.74) is 0.718. The molecule has 0 aliphatic carbocycles. The van der Waals surface area contributed by atoms with Crippen LogP contribution in [0.15, 0.2) is 22.9 Å². The van der Waals surface area contributed by atoms with Gasteiger partial charge in [-0.3, -0.25) is 4.79 Å². The van der Waals surface area contributed by atoms with Crippen LogP contribution in [0.25, 0.3) is 0 Å². The van der Waals surface area contributed by atoms with Gasteiger partial charge in [0.15, 0.2) is 12.4 Å². The van der Waals surface area contributed by atoms with Gasteiger partial charge in [0.25, 0.3) is 5.91 Å². The minimum atomic E-state index is 0.0805. The monoisotopic (exact) mass is 271 g/mol. The summed E-state index contributed by atoms with van der Waals surface area (Å²) in [5, 5.41) is 0. The summed E-state index contributed by atoms with van der Waals surface area (Å²) in [7, 11) is 1.91.